The number of dihydropyridines is 1. The molecule has 0 aromatic carbocycles. The Bertz CT molecular complexity index is 303. The lowest BCUT2D eigenvalue weighted by atomic mass is 9.78. The molecule has 2 unspecified atom stereocenters. The van der Waals surface area contributed by atoms with E-state index in [2.05, 4.69) is 11.1 Å². The van der Waals surface area contributed by atoms with E-state index in [1.54, 1.807) is 18.4 Å². The summed E-state index contributed by atoms with van der Waals surface area (Å²) in [6, 6.07) is 3.63. The van der Waals surface area contributed by atoms with Gasteiger partial charge in [-0.2, -0.15) is 10.5 Å². The van der Waals surface area contributed by atoms with E-state index < -0.39 is 11.5 Å². The quantitative estimate of drug-likeness (QED) is 0.581. The van der Waals surface area contributed by atoms with E-state index in [9.17, 15) is 0 Å². The minimum absolute atomic E-state index is 0.544. The molecule has 0 bridgehead atoms. The first-order valence-electron chi connectivity index (χ1n) is 3.81. The molecule has 0 fully saturated rings. The normalized spacial score (nSPS) is 32.4. The van der Waals surface area contributed by atoms with Gasteiger partial charge >= 0.3 is 0 Å². The molecule has 0 saturated carbocycles. The molecule has 0 amide bonds. The van der Waals surface area contributed by atoms with Gasteiger partial charge in [0.1, 0.15) is 5.41 Å². The van der Waals surface area contributed by atoms with Crippen molar-refractivity contribution in [1.29, 1.82) is 10.5 Å². The predicted octanol–water partition coefficient (Wildman–Crippen LogP) is 1.44. The Hall–Kier alpha value is -1.61. The molecule has 12 heavy (non-hydrogen) atoms. The van der Waals surface area contributed by atoms with Gasteiger partial charge in [0.15, 0.2) is 6.04 Å². The monoisotopic (exact) mass is 159 g/mol. The van der Waals surface area contributed by atoms with Gasteiger partial charge in [-0.25, -0.2) is 0 Å². The summed E-state index contributed by atoms with van der Waals surface area (Å²) in [6.07, 6.45) is 5.67. The van der Waals surface area contributed by atoms with Crippen molar-refractivity contribution >= 4 is 6.21 Å². The van der Waals surface area contributed by atoms with Crippen molar-refractivity contribution in [2.45, 2.75) is 19.4 Å². The van der Waals surface area contributed by atoms with Gasteiger partial charge in [-0.3, -0.25) is 4.99 Å². The zero-order valence-corrected chi connectivity index (χ0v) is 6.86. The van der Waals surface area contributed by atoms with Crippen LogP contribution in [-0.4, -0.2) is 12.3 Å². The van der Waals surface area contributed by atoms with Gasteiger partial charge in [0.05, 0.1) is 12.1 Å². The molecule has 0 N–H and O–H groups in total. The highest BCUT2D eigenvalue weighted by atomic mass is 14.8. The first-order chi connectivity index (χ1) is 5.79. The van der Waals surface area contributed by atoms with E-state index in [1.165, 1.54) is 0 Å². The van der Waals surface area contributed by atoms with Crippen LogP contribution in [0.15, 0.2) is 17.1 Å². The maximum atomic E-state index is 8.92. The predicted molar refractivity (Wildman–Crippen MR) is 45.4 cm³/mol. The van der Waals surface area contributed by atoms with Crippen LogP contribution in [0.2, 0.25) is 0 Å². The van der Waals surface area contributed by atoms with Crippen molar-refractivity contribution in [3.8, 4) is 12.1 Å². The van der Waals surface area contributed by atoms with Crippen LogP contribution in [0.4, 0.5) is 0 Å². The summed E-state index contributed by atoms with van der Waals surface area (Å²) in [7, 11) is 0. The van der Waals surface area contributed by atoms with E-state index in [4.69, 9.17) is 10.5 Å². The third kappa shape index (κ3) is 1.10. The van der Waals surface area contributed by atoms with Crippen molar-refractivity contribution in [3.63, 3.8) is 0 Å². The number of allylic oxidation sites excluding steroid dienone is 1. The first kappa shape index (κ1) is 8.49. The molecule has 60 valence electrons. The summed E-state index contributed by atoms with van der Waals surface area (Å²) >= 11 is 0. The van der Waals surface area contributed by atoms with E-state index >= 15 is 0 Å². The lowest BCUT2D eigenvalue weighted by molar-refractivity contribution is 0.440. The molecule has 0 aromatic heterocycles. The van der Waals surface area contributed by atoms with Crippen LogP contribution in [0.5, 0.6) is 0 Å². The van der Waals surface area contributed by atoms with Crippen molar-refractivity contribution in [2.24, 2.45) is 10.4 Å². The number of nitriles is 2. The number of hydrogen-bond donors (Lipinski definition) is 0. The highest BCUT2D eigenvalue weighted by Gasteiger charge is 2.36. The van der Waals surface area contributed by atoms with E-state index in [0.29, 0.717) is 6.42 Å². The molecule has 0 aliphatic carbocycles. The van der Waals surface area contributed by atoms with Crippen LogP contribution >= 0.6 is 0 Å². The maximum Gasteiger partial charge on any atom is 0.158 e. The molecule has 2 atom stereocenters. The molecule has 1 aliphatic rings. The van der Waals surface area contributed by atoms with Crippen LogP contribution in [0.3, 0.4) is 0 Å². The van der Waals surface area contributed by atoms with Gasteiger partial charge in [-0.05, 0) is 12.5 Å². The molecule has 1 heterocycles. The Morgan fingerprint density at radius 3 is 2.75 bits per heavy atom. The molecule has 1 rings (SSSR count). The first-order valence-corrected chi connectivity index (χ1v) is 3.81. The van der Waals surface area contributed by atoms with Gasteiger partial charge in [-0.15, -0.1) is 0 Å². The number of aliphatic imine (C=N–C) groups is 1. The number of hydrogen-bond acceptors (Lipinski definition) is 3. The van der Waals surface area contributed by atoms with E-state index in [0.717, 1.165) is 0 Å². The topological polar surface area (TPSA) is 59.9 Å². The molecule has 3 heteroatoms. The standard InChI is InChI=1S/C9H9N3/c1-2-9(7-11)4-3-5-12-8(9)6-10/h3-5,8H,2H2,1H3. The average Bonchev–Trinajstić information content (AvgIpc) is 2.17. The summed E-state index contributed by atoms with van der Waals surface area (Å²) in [6.45, 7) is 1.89. The van der Waals surface area contributed by atoms with Crippen LogP contribution in [-0.2, 0) is 0 Å². The average molecular weight is 159 g/mol. The highest BCUT2D eigenvalue weighted by molar-refractivity contribution is 5.73. The fraction of sp³-hybridized carbons (Fsp3) is 0.444. The van der Waals surface area contributed by atoms with Crippen molar-refractivity contribution in [1.82, 2.24) is 0 Å². The fourth-order valence-electron chi connectivity index (χ4n) is 1.21. The minimum Gasteiger partial charge on any atom is -0.273 e. The van der Waals surface area contributed by atoms with Gasteiger partial charge in [-0.1, -0.05) is 13.0 Å². The van der Waals surface area contributed by atoms with Crippen molar-refractivity contribution in [3.05, 3.63) is 12.2 Å². The molecule has 0 radical (unpaired) electrons. The molecule has 3 nitrogen and oxygen atoms in total. The number of rotatable bonds is 1. The Labute approximate surface area is 71.6 Å². The second-order valence-corrected chi connectivity index (χ2v) is 2.69. The lowest BCUT2D eigenvalue weighted by Crippen LogP contribution is -2.30. The zero-order valence-electron chi connectivity index (χ0n) is 6.86. The second kappa shape index (κ2) is 3.19. The molecule has 1 aliphatic heterocycles. The largest absolute Gasteiger partial charge is 0.273 e. The van der Waals surface area contributed by atoms with Crippen LogP contribution in [0.1, 0.15) is 13.3 Å². The van der Waals surface area contributed by atoms with Gasteiger partial charge in [0.2, 0.25) is 0 Å². The summed E-state index contributed by atoms with van der Waals surface area (Å²) < 4.78 is 0. The van der Waals surface area contributed by atoms with E-state index in [-0.39, 0.29) is 0 Å². The van der Waals surface area contributed by atoms with Gasteiger partial charge in [0, 0.05) is 6.21 Å². The Morgan fingerprint density at radius 1 is 1.58 bits per heavy atom. The molecule has 0 aromatic rings. The summed E-state index contributed by atoms with van der Waals surface area (Å²) in [5, 5.41) is 17.7. The third-order valence-corrected chi connectivity index (χ3v) is 2.12. The minimum atomic E-state index is -0.705. The summed E-state index contributed by atoms with van der Waals surface area (Å²) in [5.74, 6) is 0. The fourth-order valence-corrected chi connectivity index (χ4v) is 1.21. The highest BCUT2D eigenvalue weighted by Crippen LogP contribution is 2.31. The van der Waals surface area contributed by atoms with Crippen LogP contribution < -0.4 is 0 Å². The van der Waals surface area contributed by atoms with Crippen molar-refractivity contribution in [2.75, 3.05) is 0 Å². The smallest absolute Gasteiger partial charge is 0.158 e. The SMILES string of the molecule is CCC1(C#N)C=CC=NC1C#N. The molecular weight excluding hydrogens is 150 g/mol. The Morgan fingerprint density at radius 2 is 2.33 bits per heavy atom. The summed E-state index contributed by atoms with van der Waals surface area (Å²) in [4.78, 5) is 3.95. The maximum absolute atomic E-state index is 8.92. The molecular formula is C9H9N3. The summed E-state index contributed by atoms with van der Waals surface area (Å²) in [5.41, 5.74) is -0.705. The van der Waals surface area contributed by atoms with Gasteiger partial charge in [0.25, 0.3) is 0 Å². The Balaban J connectivity index is 3.04. The lowest BCUT2D eigenvalue weighted by Gasteiger charge is -2.25. The second-order valence-electron chi connectivity index (χ2n) is 2.69. The molecule has 0 saturated heterocycles. The van der Waals surface area contributed by atoms with Gasteiger partial charge < -0.3 is 0 Å². The van der Waals surface area contributed by atoms with E-state index in [1.807, 2.05) is 13.0 Å². The Kier molecular flexibility index (Phi) is 2.26. The van der Waals surface area contributed by atoms with Crippen molar-refractivity contribution < 1.29 is 0 Å². The zero-order chi connectivity index (χ0) is 9.03. The molecule has 0 spiro atoms. The van der Waals surface area contributed by atoms with Crippen LogP contribution in [0.25, 0.3) is 0 Å². The number of nitrogens with zero attached hydrogens (tertiary/aromatic N) is 3. The van der Waals surface area contributed by atoms with Crippen LogP contribution in [0, 0.1) is 28.1 Å². The third-order valence-electron chi connectivity index (χ3n) is 2.12.